The van der Waals surface area contributed by atoms with E-state index < -0.39 is 9.84 Å². The smallest absolute Gasteiger partial charge is 0.175 e. The molecule has 134 valence electrons. The van der Waals surface area contributed by atoms with Crippen molar-refractivity contribution in [3.8, 4) is 0 Å². The van der Waals surface area contributed by atoms with Crippen molar-refractivity contribution in [3.63, 3.8) is 0 Å². The highest BCUT2D eigenvalue weighted by molar-refractivity contribution is 8.00. The average Bonchev–Trinajstić information content (AvgIpc) is 3.05. The first kappa shape index (κ1) is 18.2. The Kier molecular flexibility index (Phi) is 5.87. The molecule has 0 radical (unpaired) electrons. The lowest BCUT2D eigenvalue weighted by atomic mass is 10.0. The third kappa shape index (κ3) is 4.73. The molecule has 3 unspecified atom stereocenters. The van der Waals surface area contributed by atoms with Crippen molar-refractivity contribution in [2.24, 2.45) is 0 Å². The first-order valence-corrected chi connectivity index (χ1v) is 11.5. The Labute approximate surface area is 149 Å². The van der Waals surface area contributed by atoms with Crippen LogP contribution in [0.5, 0.6) is 0 Å². The maximum Gasteiger partial charge on any atom is 0.175 e. The third-order valence-corrected chi connectivity index (χ3v) is 7.24. The van der Waals surface area contributed by atoms with Crippen molar-refractivity contribution in [1.82, 2.24) is 15.5 Å². The molecule has 0 spiro atoms. The van der Waals surface area contributed by atoms with Crippen LogP contribution in [0.2, 0.25) is 0 Å². The summed E-state index contributed by atoms with van der Waals surface area (Å²) in [6, 6.07) is 7.48. The highest BCUT2D eigenvalue weighted by Gasteiger charge is 2.26. The Morgan fingerprint density at radius 2 is 2.04 bits per heavy atom. The largest absolute Gasteiger partial charge is 0.302 e. The molecule has 1 aromatic rings. The Morgan fingerprint density at radius 3 is 2.67 bits per heavy atom. The van der Waals surface area contributed by atoms with Crippen LogP contribution in [-0.4, -0.2) is 63.4 Å². The summed E-state index contributed by atoms with van der Waals surface area (Å²) in [5.74, 6) is 1.29. The standard InChI is InChI=1S/C17H27N3O2S2/c1-20-11-16(13-5-7-15(8-6-13)24(2,21)22)19-17(12-20)18-10-14-4-3-9-23-14/h5-8,14,16-19H,3-4,9-12H2,1-2H3. The fourth-order valence-corrected chi connectivity index (χ4v) is 5.24. The van der Waals surface area contributed by atoms with Gasteiger partial charge in [0.15, 0.2) is 9.84 Å². The summed E-state index contributed by atoms with van der Waals surface area (Å²) in [6.45, 7) is 2.96. The number of rotatable bonds is 5. The summed E-state index contributed by atoms with van der Waals surface area (Å²) in [5.41, 5.74) is 1.14. The second-order valence-electron chi connectivity index (χ2n) is 6.88. The molecule has 3 rings (SSSR count). The molecule has 0 aromatic heterocycles. The van der Waals surface area contributed by atoms with Gasteiger partial charge in [-0.05, 0) is 43.3 Å². The van der Waals surface area contributed by atoms with Gasteiger partial charge in [-0.15, -0.1) is 0 Å². The van der Waals surface area contributed by atoms with E-state index in [-0.39, 0.29) is 12.2 Å². The quantitative estimate of drug-likeness (QED) is 0.820. The van der Waals surface area contributed by atoms with Gasteiger partial charge in [-0.1, -0.05) is 12.1 Å². The minimum atomic E-state index is -3.14. The Hall–Kier alpha value is -0.600. The van der Waals surface area contributed by atoms with Crippen LogP contribution in [0.1, 0.15) is 24.4 Å². The molecule has 0 saturated carbocycles. The summed E-state index contributed by atoms with van der Waals surface area (Å²) < 4.78 is 23.2. The van der Waals surface area contributed by atoms with E-state index in [2.05, 4.69) is 34.3 Å². The monoisotopic (exact) mass is 369 g/mol. The van der Waals surface area contributed by atoms with Gasteiger partial charge in [0, 0.05) is 37.2 Å². The number of sulfone groups is 1. The van der Waals surface area contributed by atoms with Crippen LogP contribution in [-0.2, 0) is 9.84 Å². The van der Waals surface area contributed by atoms with Gasteiger partial charge in [0.25, 0.3) is 0 Å². The summed E-state index contributed by atoms with van der Waals surface area (Å²) in [7, 11) is -0.999. The molecular formula is C17H27N3O2S2. The van der Waals surface area contributed by atoms with Crippen molar-refractivity contribution in [1.29, 1.82) is 0 Å². The number of likely N-dealkylation sites (N-methyl/N-ethyl adjacent to an activating group) is 1. The second-order valence-corrected chi connectivity index (χ2v) is 10.3. The molecule has 2 aliphatic rings. The van der Waals surface area contributed by atoms with Crippen LogP contribution in [0, 0.1) is 0 Å². The minimum absolute atomic E-state index is 0.214. The summed E-state index contributed by atoms with van der Waals surface area (Å²) in [4.78, 5) is 2.70. The average molecular weight is 370 g/mol. The van der Waals surface area contributed by atoms with Crippen LogP contribution in [0.4, 0.5) is 0 Å². The molecule has 2 saturated heterocycles. The summed E-state index contributed by atoms with van der Waals surface area (Å²) in [5, 5.41) is 8.07. The molecule has 2 N–H and O–H groups in total. The Bertz CT molecular complexity index is 642. The van der Waals surface area contributed by atoms with Gasteiger partial charge < -0.3 is 4.90 Å². The minimum Gasteiger partial charge on any atom is -0.302 e. The SMILES string of the molecule is CN1CC(NCC2CCCS2)NC(c2ccc(S(C)(=O)=O)cc2)C1. The number of thioether (sulfide) groups is 1. The third-order valence-electron chi connectivity index (χ3n) is 4.72. The molecule has 2 heterocycles. The highest BCUT2D eigenvalue weighted by atomic mass is 32.2. The summed E-state index contributed by atoms with van der Waals surface area (Å²) >= 11 is 2.07. The second kappa shape index (κ2) is 7.74. The first-order valence-electron chi connectivity index (χ1n) is 8.51. The predicted molar refractivity (Wildman–Crippen MR) is 100 cm³/mol. The van der Waals surface area contributed by atoms with Crippen molar-refractivity contribution < 1.29 is 8.42 Å². The zero-order chi connectivity index (χ0) is 17.2. The molecule has 2 fully saturated rings. The number of nitrogens with one attached hydrogen (secondary N) is 2. The molecule has 0 aliphatic carbocycles. The van der Waals surface area contributed by atoms with E-state index in [0.29, 0.717) is 4.90 Å². The van der Waals surface area contributed by atoms with E-state index in [1.165, 1.54) is 24.9 Å². The van der Waals surface area contributed by atoms with Gasteiger partial charge in [0.2, 0.25) is 0 Å². The van der Waals surface area contributed by atoms with E-state index in [0.717, 1.165) is 30.4 Å². The van der Waals surface area contributed by atoms with E-state index in [4.69, 9.17) is 0 Å². The van der Waals surface area contributed by atoms with Gasteiger partial charge in [0.1, 0.15) is 0 Å². The summed E-state index contributed by atoms with van der Waals surface area (Å²) in [6.07, 6.45) is 4.17. The lowest BCUT2D eigenvalue weighted by molar-refractivity contribution is 0.172. The number of nitrogens with zero attached hydrogens (tertiary/aromatic N) is 1. The molecule has 1 aromatic carbocycles. The van der Waals surface area contributed by atoms with E-state index in [9.17, 15) is 8.42 Å². The molecule has 3 atom stereocenters. The fraction of sp³-hybridized carbons (Fsp3) is 0.647. The van der Waals surface area contributed by atoms with Crippen molar-refractivity contribution in [2.45, 2.75) is 35.2 Å². The maximum atomic E-state index is 11.6. The number of benzene rings is 1. The lowest BCUT2D eigenvalue weighted by Crippen LogP contribution is -2.58. The first-order chi connectivity index (χ1) is 11.4. The van der Waals surface area contributed by atoms with Crippen LogP contribution >= 0.6 is 11.8 Å². The lowest BCUT2D eigenvalue weighted by Gasteiger charge is -2.38. The highest BCUT2D eigenvalue weighted by Crippen LogP contribution is 2.26. The van der Waals surface area contributed by atoms with Crippen molar-refractivity contribution in [2.75, 3.05) is 38.7 Å². The zero-order valence-corrected chi connectivity index (χ0v) is 16.0. The van der Waals surface area contributed by atoms with Gasteiger partial charge in [-0.3, -0.25) is 10.6 Å². The van der Waals surface area contributed by atoms with Gasteiger partial charge in [0.05, 0.1) is 11.1 Å². The molecule has 7 heteroatoms. The molecule has 2 aliphatic heterocycles. The van der Waals surface area contributed by atoms with E-state index in [1.54, 1.807) is 12.1 Å². The van der Waals surface area contributed by atoms with Crippen LogP contribution < -0.4 is 10.6 Å². The van der Waals surface area contributed by atoms with E-state index >= 15 is 0 Å². The number of hydrogen-bond acceptors (Lipinski definition) is 6. The molecule has 0 bridgehead atoms. The zero-order valence-electron chi connectivity index (χ0n) is 14.4. The topological polar surface area (TPSA) is 61.4 Å². The number of piperazine rings is 1. The maximum absolute atomic E-state index is 11.6. The van der Waals surface area contributed by atoms with Gasteiger partial charge in [-0.25, -0.2) is 8.42 Å². The Morgan fingerprint density at radius 1 is 1.29 bits per heavy atom. The molecule has 0 amide bonds. The number of hydrogen-bond donors (Lipinski definition) is 2. The molecule has 5 nitrogen and oxygen atoms in total. The normalized spacial score (nSPS) is 29.0. The van der Waals surface area contributed by atoms with Crippen LogP contribution in [0.25, 0.3) is 0 Å². The van der Waals surface area contributed by atoms with Crippen LogP contribution in [0.3, 0.4) is 0 Å². The van der Waals surface area contributed by atoms with E-state index in [1.807, 2.05) is 12.1 Å². The molecule has 24 heavy (non-hydrogen) atoms. The Balaban J connectivity index is 1.62. The van der Waals surface area contributed by atoms with Gasteiger partial charge >= 0.3 is 0 Å². The van der Waals surface area contributed by atoms with Crippen molar-refractivity contribution >= 4 is 21.6 Å². The van der Waals surface area contributed by atoms with Gasteiger partial charge in [-0.2, -0.15) is 11.8 Å². The molecular weight excluding hydrogens is 342 g/mol. The predicted octanol–water partition coefficient (Wildman–Crippen LogP) is 1.48. The van der Waals surface area contributed by atoms with Crippen LogP contribution in [0.15, 0.2) is 29.2 Å². The fourth-order valence-electron chi connectivity index (χ4n) is 3.40. The van der Waals surface area contributed by atoms with Crippen molar-refractivity contribution in [3.05, 3.63) is 29.8 Å².